The highest BCUT2D eigenvalue weighted by Gasteiger charge is 2.23. The standard InChI is InChI=1S/C8H15NO/c1-3-7-4-8(10)9-5-6(7)2/h6-7H,3-5H2,1-2H3,(H,9,10)/t6-,7+/m1/s1. The molecule has 0 aliphatic carbocycles. The molecule has 0 aromatic rings. The number of nitrogens with one attached hydrogen (secondary N) is 1. The zero-order chi connectivity index (χ0) is 7.56. The molecule has 2 nitrogen and oxygen atoms in total. The Morgan fingerprint density at radius 1 is 1.70 bits per heavy atom. The largest absolute Gasteiger partial charge is 0.356 e. The molecule has 1 aliphatic heterocycles. The van der Waals surface area contributed by atoms with Crippen LogP contribution in [0.3, 0.4) is 0 Å². The number of piperidine rings is 1. The first-order valence-corrected chi connectivity index (χ1v) is 4.00. The van der Waals surface area contributed by atoms with Crippen LogP contribution in [-0.2, 0) is 4.79 Å². The molecule has 1 rings (SSSR count). The Labute approximate surface area is 62.0 Å². The Hall–Kier alpha value is -0.530. The van der Waals surface area contributed by atoms with Crippen molar-refractivity contribution in [3.05, 3.63) is 0 Å². The van der Waals surface area contributed by atoms with Crippen molar-refractivity contribution in [1.29, 1.82) is 0 Å². The van der Waals surface area contributed by atoms with Crippen molar-refractivity contribution in [2.75, 3.05) is 6.54 Å². The van der Waals surface area contributed by atoms with Gasteiger partial charge in [0, 0.05) is 13.0 Å². The number of carbonyl (C=O) groups is 1. The maximum absolute atomic E-state index is 10.9. The first-order chi connectivity index (χ1) is 4.74. The predicted octanol–water partition coefficient (Wildman–Crippen LogP) is 1.17. The van der Waals surface area contributed by atoms with Crippen molar-refractivity contribution >= 4 is 5.91 Å². The first kappa shape index (κ1) is 7.58. The SMILES string of the molecule is CC[C@H]1CC(=O)NC[C@H]1C. The molecule has 0 saturated carbocycles. The molecular formula is C8H15NO. The summed E-state index contributed by atoms with van der Waals surface area (Å²) in [5.41, 5.74) is 0. The quantitative estimate of drug-likeness (QED) is 0.583. The molecule has 0 aromatic heterocycles. The number of hydrogen-bond acceptors (Lipinski definition) is 1. The maximum Gasteiger partial charge on any atom is 0.220 e. The molecular weight excluding hydrogens is 126 g/mol. The van der Waals surface area contributed by atoms with Gasteiger partial charge in [0.25, 0.3) is 0 Å². The monoisotopic (exact) mass is 141 g/mol. The van der Waals surface area contributed by atoms with E-state index in [0.717, 1.165) is 19.4 Å². The summed E-state index contributed by atoms with van der Waals surface area (Å²) in [5.74, 6) is 1.52. The van der Waals surface area contributed by atoms with Crippen LogP contribution in [0.4, 0.5) is 0 Å². The summed E-state index contributed by atoms with van der Waals surface area (Å²) >= 11 is 0. The molecule has 1 saturated heterocycles. The van der Waals surface area contributed by atoms with Crippen molar-refractivity contribution in [3.63, 3.8) is 0 Å². The molecule has 1 heterocycles. The normalized spacial score (nSPS) is 33.6. The minimum atomic E-state index is 0.227. The van der Waals surface area contributed by atoms with Gasteiger partial charge in [-0.3, -0.25) is 4.79 Å². The first-order valence-electron chi connectivity index (χ1n) is 4.00. The minimum Gasteiger partial charge on any atom is -0.356 e. The molecule has 10 heavy (non-hydrogen) atoms. The molecule has 0 bridgehead atoms. The van der Waals surface area contributed by atoms with Gasteiger partial charge in [-0.05, 0) is 11.8 Å². The van der Waals surface area contributed by atoms with Crippen molar-refractivity contribution < 1.29 is 4.79 Å². The number of hydrogen-bond donors (Lipinski definition) is 1. The van der Waals surface area contributed by atoms with Crippen LogP contribution >= 0.6 is 0 Å². The van der Waals surface area contributed by atoms with Gasteiger partial charge in [0.2, 0.25) is 5.91 Å². The van der Waals surface area contributed by atoms with Gasteiger partial charge in [-0.15, -0.1) is 0 Å². The second-order valence-electron chi connectivity index (χ2n) is 3.15. The van der Waals surface area contributed by atoms with E-state index in [4.69, 9.17) is 0 Å². The fourth-order valence-corrected chi connectivity index (χ4v) is 1.50. The van der Waals surface area contributed by atoms with Crippen molar-refractivity contribution in [1.82, 2.24) is 5.32 Å². The number of carbonyl (C=O) groups excluding carboxylic acids is 1. The van der Waals surface area contributed by atoms with E-state index in [2.05, 4.69) is 19.2 Å². The lowest BCUT2D eigenvalue weighted by molar-refractivity contribution is -0.124. The Morgan fingerprint density at radius 3 is 2.90 bits per heavy atom. The van der Waals surface area contributed by atoms with Gasteiger partial charge in [0.1, 0.15) is 0 Å². The molecule has 1 fully saturated rings. The van der Waals surface area contributed by atoms with Gasteiger partial charge in [0.15, 0.2) is 0 Å². The molecule has 0 aromatic carbocycles. The summed E-state index contributed by atoms with van der Waals surface area (Å²) in [5, 5.41) is 2.86. The number of amides is 1. The summed E-state index contributed by atoms with van der Waals surface area (Å²) in [4.78, 5) is 10.9. The Balaban J connectivity index is 2.45. The summed E-state index contributed by atoms with van der Waals surface area (Å²) in [6, 6.07) is 0. The molecule has 0 radical (unpaired) electrons. The smallest absolute Gasteiger partial charge is 0.220 e. The fraction of sp³-hybridized carbons (Fsp3) is 0.875. The molecule has 1 aliphatic rings. The lowest BCUT2D eigenvalue weighted by Crippen LogP contribution is -2.39. The van der Waals surface area contributed by atoms with Crippen LogP contribution in [-0.4, -0.2) is 12.5 Å². The molecule has 58 valence electrons. The summed E-state index contributed by atoms with van der Waals surface area (Å²) < 4.78 is 0. The molecule has 0 unspecified atom stereocenters. The second kappa shape index (κ2) is 3.04. The van der Waals surface area contributed by atoms with Crippen molar-refractivity contribution in [3.8, 4) is 0 Å². The van der Waals surface area contributed by atoms with Crippen molar-refractivity contribution in [2.24, 2.45) is 11.8 Å². The van der Waals surface area contributed by atoms with Gasteiger partial charge >= 0.3 is 0 Å². The lowest BCUT2D eigenvalue weighted by atomic mass is 9.86. The Bertz CT molecular complexity index is 133. The second-order valence-corrected chi connectivity index (χ2v) is 3.15. The zero-order valence-electron chi connectivity index (χ0n) is 6.68. The van der Waals surface area contributed by atoms with E-state index >= 15 is 0 Å². The molecule has 0 spiro atoms. The van der Waals surface area contributed by atoms with Crippen molar-refractivity contribution in [2.45, 2.75) is 26.7 Å². The number of rotatable bonds is 1. The van der Waals surface area contributed by atoms with Gasteiger partial charge < -0.3 is 5.32 Å². The van der Waals surface area contributed by atoms with E-state index in [1.54, 1.807) is 0 Å². The third-order valence-electron chi connectivity index (χ3n) is 2.40. The van der Waals surface area contributed by atoms with Crippen LogP contribution in [0.15, 0.2) is 0 Å². The fourth-order valence-electron chi connectivity index (χ4n) is 1.50. The average Bonchev–Trinajstić information content (AvgIpc) is 1.94. The van der Waals surface area contributed by atoms with E-state index in [1.807, 2.05) is 0 Å². The Kier molecular flexibility index (Phi) is 2.30. The van der Waals surface area contributed by atoms with E-state index in [0.29, 0.717) is 11.8 Å². The summed E-state index contributed by atoms with van der Waals surface area (Å²) in [6.45, 7) is 5.23. The van der Waals surface area contributed by atoms with Gasteiger partial charge in [-0.1, -0.05) is 20.3 Å². The highest BCUT2D eigenvalue weighted by atomic mass is 16.1. The van der Waals surface area contributed by atoms with Crippen LogP contribution in [0.1, 0.15) is 26.7 Å². The molecule has 1 amide bonds. The highest BCUT2D eigenvalue weighted by Crippen LogP contribution is 2.21. The topological polar surface area (TPSA) is 29.1 Å². The zero-order valence-corrected chi connectivity index (χ0v) is 6.68. The van der Waals surface area contributed by atoms with E-state index in [-0.39, 0.29) is 5.91 Å². The van der Waals surface area contributed by atoms with Crippen LogP contribution < -0.4 is 5.32 Å². The minimum absolute atomic E-state index is 0.227. The molecule has 2 atom stereocenters. The van der Waals surface area contributed by atoms with Gasteiger partial charge in [-0.25, -0.2) is 0 Å². The third-order valence-corrected chi connectivity index (χ3v) is 2.40. The highest BCUT2D eigenvalue weighted by molar-refractivity contribution is 5.76. The maximum atomic E-state index is 10.9. The van der Waals surface area contributed by atoms with Crippen LogP contribution in [0.2, 0.25) is 0 Å². The van der Waals surface area contributed by atoms with E-state index in [9.17, 15) is 4.79 Å². The molecule has 1 N–H and O–H groups in total. The van der Waals surface area contributed by atoms with E-state index in [1.165, 1.54) is 0 Å². The summed E-state index contributed by atoms with van der Waals surface area (Å²) in [7, 11) is 0. The van der Waals surface area contributed by atoms with E-state index < -0.39 is 0 Å². The lowest BCUT2D eigenvalue weighted by Gasteiger charge is -2.27. The van der Waals surface area contributed by atoms with Gasteiger partial charge in [-0.2, -0.15) is 0 Å². The molecule has 2 heteroatoms. The van der Waals surface area contributed by atoms with Crippen LogP contribution in [0.25, 0.3) is 0 Å². The summed E-state index contributed by atoms with van der Waals surface area (Å²) in [6.07, 6.45) is 1.87. The van der Waals surface area contributed by atoms with Crippen LogP contribution in [0, 0.1) is 11.8 Å². The predicted molar refractivity (Wildman–Crippen MR) is 40.6 cm³/mol. The van der Waals surface area contributed by atoms with Crippen LogP contribution in [0.5, 0.6) is 0 Å². The average molecular weight is 141 g/mol. The third kappa shape index (κ3) is 1.49. The Morgan fingerprint density at radius 2 is 2.40 bits per heavy atom. The van der Waals surface area contributed by atoms with Gasteiger partial charge in [0.05, 0.1) is 0 Å².